The van der Waals surface area contributed by atoms with E-state index >= 15 is 0 Å². The molecule has 2 amide bonds. The van der Waals surface area contributed by atoms with Crippen LogP contribution in [0.5, 0.6) is 0 Å². The van der Waals surface area contributed by atoms with E-state index in [1.165, 1.54) is 0 Å². The Labute approximate surface area is 140 Å². The molecule has 24 heavy (non-hydrogen) atoms. The van der Waals surface area contributed by atoms with Gasteiger partial charge in [-0.25, -0.2) is 0 Å². The molecule has 0 radical (unpaired) electrons. The van der Waals surface area contributed by atoms with Crippen LogP contribution in [-0.4, -0.2) is 38.0 Å². The maximum atomic E-state index is 12.3. The molecule has 126 valence electrons. The number of amides is 2. The van der Waals surface area contributed by atoms with Crippen LogP contribution in [0.3, 0.4) is 0 Å². The van der Waals surface area contributed by atoms with Crippen molar-refractivity contribution in [2.45, 2.75) is 39.4 Å². The average Bonchev–Trinajstić information content (AvgIpc) is 3.22. The number of nitrogens with one attached hydrogen (secondary N) is 1. The molecular weight excluding hydrogens is 306 g/mol. The highest BCUT2D eigenvalue weighted by Crippen LogP contribution is 2.15. The summed E-state index contributed by atoms with van der Waals surface area (Å²) in [6.45, 7) is 4.45. The van der Waals surface area contributed by atoms with Crippen molar-refractivity contribution >= 4 is 11.8 Å². The summed E-state index contributed by atoms with van der Waals surface area (Å²) >= 11 is 0. The average molecular weight is 327 g/mol. The van der Waals surface area contributed by atoms with Crippen LogP contribution in [0.25, 0.3) is 0 Å². The first-order chi connectivity index (χ1) is 11.7. The Morgan fingerprint density at radius 2 is 2.25 bits per heavy atom. The van der Waals surface area contributed by atoms with Gasteiger partial charge in [0, 0.05) is 31.6 Å². The molecule has 1 aromatic carbocycles. The Kier molecular flexibility index (Phi) is 4.88. The van der Waals surface area contributed by atoms with Gasteiger partial charge in [-0.3, -0.25) is 9.59 Å². The fourth-order valence-electron chi connectivity index (χ4n) is 2.84. The van der Waals surface area contributed by atoms with Gasteiger partial charge in [0.2, 0.25) is 5.91 Å². The van der Waals surface area contributed by atoms with Crippen molar-refractivity contribution in [3.8, 4) is 0 Å². The smallest absolute Gasteiger partial charge is 0.251 e. The largest absolute Gasteiger partial charge is 0.345 e. The second-order valence-corrected chi connectivity index (χ2v) is 5.84. The van der Waals surface area contributed by atoms with E-state index in [4.69, 9.17) is 0 Å². The quantitative estimate of drug-likeness (QED) is 0.868. The maximum Gasteiger partial charge on any atom is 0.251 e. The van der Waals surface area contributed by atoms with Crippen molar-refractivity contribution in [3.05, 3.63) is 47.5 Å². The summed E-state index contributed by atoms with van der Waals surface area (Å²) < 4.78 is 1.88. The molecule has 1 N–H and O–H groups in total. The molecule has 0 aliphatic carbocycles. The van der Waals surface area contributed by atoms with Crippen LogP contribution in [0.15, 0.2) is 30.6 Å². The van der Waals surface area contributed by atoms with Crippen molar-refractivity contribution < 1.29 is 9.59 Å². The van der Waals surface area contributed by atoms with Gasteiger partial charge in [0.1, 0.15) is 6.33 Å². The Morgan fingerprint density at radius 3 is 3.00 bits per heavy atom. The highest BCUT2D eigenvalue weighted by atomic mass is 16.2. The van der Waals surface area contributed by atoms with Crippen molar-refractivity contribution in [1.82, 2.24) is 25.0 Å². The maximum absolute atomic E-state index is 12.3. The third-order valence-corrected chi connectivity index (χ3v) is 4.18. The minimum atomic E-state index is -0.157. The molecule has 2 aromatic rings. The SMILES string of the molecule is CCn1cnnc1CNC(=O)c1cccc(CN2CCCC2=O)c1. The Morgan fingerprint density at radius 1 is 1.38 bits per heavy atom. The molecule has 0 unspecified atom stereocenters. The number of hydrogen-bond donors (Lipinski definition) is 1. The predicted octanol–water partition coefficient (Wildman–Crippen LogP) is 1.35. The van der Waals surface area contributed by atoms with Gasteiger partial charge in [0.15, 0.2) is 5.82 Å². The van der Waals surface area contributed by atoms with E-state index in [0.717, 1.165) is 30.9 Å². The van der Waals surface area contributed by atoms with Gasteiger partial charge in [0.05, 0.1) is 6.54 Å². The molecule has 3 rings (SSSR count). The minimum Gasteiger partial charge on any atom is -0.345 e. The molecule has 0 saturated carbocycles. The van der Waals surface area contributed by atoms with Crippen molar-refractivity contribution in [2.75, 3.05) is 6.54 Å². The minimum absolute atomic E-state index is 0.157. The number of nitrogens with zero attached hydrogens (tertiary/aromatic N) is 4. The molecule has 1 aliphatic rings. The van der Waals surface area contributed by atoms with Crippen LogP contribution < -0.4 is 5.32 Å². The van der Waals surface area contributed by atoms with Crippen LogP contribution in [0, 0.1) is 0 Å². The zero-order chi connectivity index (χ0) is 16.9. The van der Waals surface area contributed by atoms with Crippen LogP contribution >= 0.6 is 0 Å². The first-order valence-electron chi connectivity index (χ1n) is 8.19. The van der Waals surface area contributed by atoms with Crippen LogP contribution in [-0.2, 0) is 24.4 Å². The topological polar surface area (TPSA) is 80.1 Å². The first-order valence-corrected chi connectivity index (χ1v) is 8.19. The fraction of sp³-hybridized carbons (Fsp3) is 0.412. The van der Waals surface area contributed by atoms with Gasteiger partial charge in [-0.1, -0.05) is 12.1 Å². The second-order valence-electron chi connectivity index (χ2n) is 5.84. The van der Waals surface area contributed by atoms with Crippen LogP contribution in [0.2, 0.25) is 0 Å². The molecule has 2 heterocycles. The normalized spacial score (nSPS) is 14.2. The second kappa shape index (κ2) is 7.25. The number of carbonyl (C=O) groups is 2. The monoisotopic (exact) mass is 327 g/mol. The summed E-state index contributed by atoms with van der Waals surface area (Å²) in [6.07, 6.45) is 3.19. The molecule has 0 atom stereocenters. The Bertz CT molecular complexity index is 740. The van der Waals surface area contributed by atoms with E-state index in [2.05, 4.69) is 15.5 Å². The summed E-state index contributed by atoms with van der Waals surface area (Å²) in [5.74, 6) is 0.753. The van der Waals surface area contributed by atoms with Gasteiger partial charge in [-0.05, 0) is 31.0 Å². The Hall–Kier alpha value is -2.70. The number of aromatic nitrogens is 3. The van der Waals surface area contributed by atoms with Crippen molar-refractivity contribution in [2.24, 2.45) is 0 Å². The predicted molar refractivity (Wildman–Crippen MR) is 88.0 cm³/mol. The van der Waals surface area contributed by atoms with E-state index in [0.29, 0.717) is 25.1 Å². The van der Waals surface area contributed by atoms with E-state index in [9.17, 15) is 9.59 Å². The summed E-state index contributed by atoms with van der Waals surface area (Å²) in [7, 11) is 0. The molecule has 0 bridgehead atoms. The van der Waals surface area contributed by atoms with Crippen molar-refractivity contribution in [1.29, 1.82) is 0 Å². The van der Waals surface area contributed by atoms with Crippen LogP contribution in [0.1, 0.15) is 41.5 Å². The number of likely N-dealkylation sites (tertiary alicyclic amines) is 1. The molecular formula is C17H21N5O2. The summed E-state index contributed by atoms with van der Waals surface area (Å²) in [5.41, 5.74) is 1.55. The van der Waals surface area contributed by atoms with E-state index < -0.39 is 0 Å². The number of rotatable bonds is 6. The van der Waals surface area contributed by atoms with Crippen molar-refractivity contribution in [3.63, 3.8) is 0 Å². The Balaban J connectivity index is 1.62. The first kappa shape index (κ1) is 16.2. The third-order valence-electron chi connectivity index (χ3n) is 4.18. The van der Waals surface area contributed by atoms with Gasteiger partial charge < -0.3 is 14.8 Å². The molecule has 7 nitrogen and oxygen atoms in total. The summed E-state index contributed by atoms with van der Waals surface area (Å²) in [6, 6.07) is 7.40. The third kappa shape index (κ3) is 3.61. The van der Waals surface area contributed by atoms with Crippen LogP contribution in [0.4, 0.5) is 0 Å². The zero-order valence-electron chi connectivity index (χ0n) is 13.7. The van der Waals surface area contributed by atoms with E-state index in [1.54, 1.807) is 12.4 Å². The molecule has 1 aliphatic heterocycles. The van der Waals surface area contributed by atoms with Gasteiger partial charge in [-0.2, -0.15) is 0 Å². The molecule has 1 aromatic heterocycles. The number of aryl methyl sites for hydroxylation is 1. The molecule has 0 spiro atoms. The van der Waals surface area contributed by atoms with Gasteiger partial charge in [0.25, 0.3) is 5.91 Å². The van der Waals surface area contributed by atoms with E-state index in [-0.39, 0.29) is 11.8 Å². The number of carbonyl (C=O) groups excluding carboxylic acids is 2. The standard InChI is InChI=1S/C17H21N5O2/c1-2-21-12-19-20-15(21)10-18-17(24)14-6-3-5-13(9-14)11-22-8-4-7-16(22)23/h3,5-6,9,12H,2,4,7-8,10-11H2,1H3,(H,18,24). The number of benzene rings is 1. The van der Waals surface area contributed by atoms with E-state index in [1.807, 2.05) is 34.6 Å². The fourth-order valence-corrected chi connectivity index (χ4v) is 2.84. The molecule has 7 heteroatoms. The molecule has 1 fully saturated rings. The lowest BCUT2D eigenvalue weighted by atomic mass is 10.1. The highest BCUT2D eigenvalue weighted by Gasteiger charge is 2.20. The van der Waals surface area contributed by atoms with Gasteiger partial charge in [-0.15, -0.1) is 10.2 Å². The molecule has 1 saturated heterocycles. The van der Waals surface area contributed by atoms with Gasteiger partial charge >= 0.3 is 0 Å². The lowest BCUT2D eigenvalue weighted by molar-refractivity contribution is -0.128. The summed E-state index contributed by atoms with van der Waals surface area (Å²) in [4.78, 5) is 25.9. The lowest BCUT2D eigenvalue weighted by Gasteiger charge is -2.16. The number of hydrogen-bond acceptors (Lipinski definition) is 4. The summed E-state index contributed by atoms with van der Waals surface area (Å²) in [5, 5.41) is 10.7. The highest BCUT2D eigenvalue weighted by molar-refractivity contribution is 5.94. The lowest BCUT2D eigenvalue weighted by Crippen LogP contribution is -2.26. The zero-order valence-corrected chi connectivity index (χ0v) is 13.7.